The van der Waals surface area contributed by atoms with E-state index in [1.54, 1.807) is 0 Å². The second-order valence-electron chi connectivity index (χ2n) is 5.89. The normalized spacial score (nSPS) is 21.3. The van der Waals surface area contributed by atoms with E-state index in [9.17, 15) is 4.79 Å². The summed E-state index contributed by atoms with van der Waals surface area (Å²) in [6, 6.07) is 3.68. The zero-order valence-corrected chi connectivity index (χ0v) is 14.0. The molecule has 2 heterocycles. The fourth-order valence-electron chi connectivity index (χ4n) is 2.49. The van der Waals surface area contributed by atoms with Crippen molar-refractivity contribution in [3.8, 4) is 0 Å². The van der Waals surface area contributed by atoms with Crippen LogP contribution < -0.4 is 10.6 Å². The number of nitrogens with zero attached hydrogens (tertiary/aromatic N) is 1. The fraction of sp³-hybridized carbons (Fsp3) is 0.625. The quantitative estimate of drug-likeness (QED) is 0.847. The van der Waals surface area contributed by atoms with Gasteiger partial charge in [-0.25, -0.2) is 4.98 Å². The SMILES string of the molecule is CCCNc1cc(C(=O)NCC2(C)CCCS2)cc(C)n1. The second-order valence-corrected chi connectivity index (χ2v) is 7.58. The van der Waals surface area contributed by atoms with Crippen LogP contribution in [0.5, 0.6) is 0 Å². The molecule has 2 N–H and O–H groups in total. The van der Waals surface area contributed by atoms with Gasteiger partial charge >= 0.3 is 0 Å². The number of hydrogen-bond acceptors (Lipinski definition) is 4. The highest BCUT2D eigenvalue weighted by Crippen LogP contribution is 2.36. The summed E-state index contributed by atoms with van der Waals surface area (Å²) in [5.41, 5.74) is 1.55. The smallest absolute Gasteiger partial charge is 0.251 e. The Morgan fingerprint density at radius 3 is 2.95 bits per heavy atom. The maximum Gasteiger partial charge on any atom is 0.251 e. The van der Waals surface area contributed by atoms with Gasteiger partial charge in [-0.1, -0.05) is 6.92 Å². The molecular weight excluding hydrogens is 282 g/mol. The minimum Gasteiger partial charge on any atom is -0.370 e. The van der Waals surface area contributed by atoms with Crippen LogP contribution in [0.2, 0.25) is 0 Å². The Bertz CT molecular complexity index is 498. The molecule has 0 bridgehead atoms. The molecule has 1 fully saturated rings. The lowest BCUT2D eigenvalue weighted by Gasteiger charge is -2.23. The van der Waals surface area contributed by atoms with Gasteiger partial charge in [-0.15, -0.1) is 0 Å². The van der Waals surface area contributed by atoms with Crippen LogP contribution in [0.15, 0.2) is 12.1 Å². The van der Waals surface area contributed by atoms with E-state index in [0.717, 1.165) is 31.0 Å². The number of carbonyl (C=O) groups excluding carboxylic acids is 1. The van der Waals surface area contributed by atoms with Crippen molar-refractivity contribution in [3.63, 3.8) is 0 Å². The first-order valence-corrected chi connectivity index (χ1v) is 8.66. The molecule has 5 heteroatoms. The average molecular weight is 307 g/mol. The van der Waals surface area contributed by atoms with Crippen molar-refractivity contribution in [2.45, 2.75) is 44.8 Å². The average Bonchev–Trinajstić information content (AvgIpc) is 2.89. The van der Waals surface area contributed by atoms with Crippen LogP contribution in [0, 0.1) is 6.92 Å². The molecule has 1 aromatic heterocycles. The van der Waals surface area contributed by atoms with Crippen molar-refractivity contribution in [2.24, 2.45) is 0 Å². The van der Waals surface area contributed by atoms with Crippen LogP contribution in [-0.2, 0) is 0 Å². The van der Waals surface area contributed by atoms with E-state index in [1.807, 2.05) is 30.8 Å². The highest BCUT2D eigenvalue weighted by molar-refractivity contribution is 8.00. The van der Waals surface area contributed by atoms with E-state index in [1.165, 1.54) is 18.6 Å². The lowest BCUT2D eigenvalue weighted by atomic mass is 10.1. The number of pyridine rings is 1. The molecule has 1 atom stereocenters. The van der Waals surface area contributed by atoms with Crippen LogP contribution in [0.1, 0.15) is 49.2 Å². The topological polar surface area (TPSA) is 54.0 Å². The van der Waals surface area contributed by atoms with Crippen LogP contribution in [0.4, 0.5) is 5.82 Å². The Morgan fingerprint density at radius 1 is 1.48 bits per heavy atom. The molecule has 1 saturated heterocycles. The number of amides is 1. The Kier molecular flexibility index (Phi) is 5.51. The van der Waals surface area contributed by atoms with Crippen LogP contribution >= 0.6 is 11.8 Å². The third-order valence-corrected chi connectivity index (χ3v) is 5.23. The fourth-order valence-corrected chi connectivity index (χ4v) is 3.73. The number of anilines is 1. The number of aryl methyl sites for hydroxylation is 1. The number of hydrogen-bond donors (Lipinski definition) is 2. The number of nitrogens with one attached hydrogen (secondary N) is 2. The van der Waals surface area contributed by atoms with Gasteiger partial charge in [0.05, 0.1) is 0 Å². The van der Waals surface area contributed by atoms with Gasteiger partial charge in [0.2, 0.25) is 0 Å². The van der Waals surface area contributed by atoms with E-state index in [0.29, 0.717) is 5.56 Å². The molecule has 1 aliphatic rings. The zero-order valence-electron chi connectivity index (χ0n) is 13.2. The number of aromatic nitrogens is 1. The Hall–Kier alpha value is -1.23. The highest BCUT2D eigenvalue weighted by Gasteiger charge is 2.29. The van der Waals surface area contributed by atoms with E-state index in [4.69, 9.17) is 0 Å². The molecule has 0 aromatic carbocycles. The number of rotatable bonds is 6. The molecule has 4 nitrogen and oxygen atoms in total. The standard InChI is InChI=1S/C16H25N3OS/c1-4-7-17-14-10-13(9-12(2)19-14)15(20)18-11-16(3)6-5-8-21-16/h9-10H,4-8,11H2,1-3H3,(H,17,19)(H,18,20). The summed E-state index contributed by atoms with van der Waals surface area (Å²) in [4.78, 5) is 16.8. The van der Waals surface area contributed by atoms with Gasteiger partial charge in [0.1, 0.15) is 5.82 Å². The van der Waals surface area contributed by atoms with E-state index in [-0.39, 0.29) is 10.7 Å². The molecule has 2 rings (SSSR count). The molecule has 0 spiro atoms. The van der Waals surface area contributed by atoms with Crippen molar-refractivity contribution in [2.75, 3.05) is 24.2 Å². The zero-order chi connectivity index (χ0) is 15.3. The van der Waals surface area contributed by atoms with Gasteiger partial charge < -0.3 is 10.6 Å². The van der Waals surface area contributed by atoms with Crippen molar-refractivity contribution < 1.29 is 4.79 Å². The Balaban J connectivity index is 1.99. The molecule has 1 unspecified atom stereocenters. The van der Waals surface area contributed by atoms with Gasteiger partial charge in [-0.2, -0.15) is 11.8 Å². The summed E-state index contributed by atoms with van der Waals surface area (Å²) < 4.78 is 0.195. The molecular formula is C16H25N3OS. The van der Waals surface area contributed by atoms with Crippen LogP contribution in [-0.4, -0.2) is 34.5 Å². The Labute approximate surface area is 131 Å². The summed E-state index contributed by atoms with van der Waals surface area (Å²) in [5.74, 6) is 1.98. The molecule has 1 aromatic rings. The molecule has 1 aliphatic heterocycles. The monoisotopic (exact) mass is 307 g/mol. The van der Waals surface area contributed by atoms with Crippen LogP contribution in [0.3, 0.4) is 0 Å². The predicted octanol–water partition coefficient (Wildman–Crippen LogP) is 3.23. The van der Waals surface area contributed by atoms with Gasteiger partial charge in [0, 0.05) is 29.1 Å². The third-order valence-electron chi connectivity index (χ3n) is 3.70. The third kappa shape index (κ3) is 4.63. The summed E-state index contributed by atoms with van der Waals surface area (Å²) in [6.45, 7) is 7.86. The minimum atomic E-state index is -0.00577. The first-order chi connectivity index (χ1) is 10.0. The van der Waals surface area contributed by atoms with Crippen molar-refractivity contribution in [3.05, 3.63) is 23.4 Å². The van der Waals surface area contributed by atoms with Gasteiger partial charge in [-0.3, -0.25) is 4.79 Å². The first kappa shape index (κ1) is 16.1. The summed E-state index contributed by atoms with van der Waals surface area (Å²) in [7, 11) is 0. The highest BCUT2D eigenvalue weighted by atomic mass is 32.2. The molecule has 0 radical (unpaired) electrons. The summed E-state index contributed by atoms with van der Waals surface area (Å²) in [6.07, 6.45) is 3.46. The molecule has 116 valence electrons. The minimum absolute atomic E-state index is 0.00577. The second kappa shape index (κ2) is 7.16. The van der Waals surface area contributed by atoms with Gasteiger partial charge in [0.15, 0.2) is 0 Å². The Morgan fingerprint density at radius 2 is 2.29 bits per heavy atom. The number of carbonyl (C=O) groups is 1. The lowest BCUT2D eigenvalue weighted by Crippen LogP contribution is -2.36. The van der Waals surface area contributed by atoms with Crippen molar-refractivity contribution in [1.82, 2.24) is 10.3 Å². The van der Waals surface area contributed by atoms with E-state index in [2.05, 4.69) is 29.5 Å². The van der Waals surface area contributed by atoms with Crippen molar-refractivity contribution in [1.29, 1.82) is 0 Å². The predicted molar refractivity (Wildman–Crippen MR) is 90.2 cm³/mol. The van der Waals surface area contributed by atoms with Crippen LogP contribution in [0.25, 0.3) is 0 Å². The van der Waals surface area contributed by atoms with Gasteiger partial charge in [-0.05, 0) is 51.0 Å². The van der Waals surface area contributed by atoms with Crippen molar-refractivity contribution >= 4 is 23.5 Å². The lowest BCUT2D eigenvalue weighted by molar-refractivity contribution is 0.0950. The molecule has 0 aliphatic carbocycles. The molecule has 21 heavy (non-hydrogen) atoms. The maximum absolute atomic E-state index is 12.3. The number of thioether (sulfide) groups is 1. The summed E-state index contributed by atoms with van der Waals surface area (Å²) in [5, 5.41) is 6.32. The van der Waals surface area contributed by atoms with E-state index < -0.39 is 0 Å². The maximum atomic E-state index is 12.3. The van der Waals surface area contributed by atoms with Gasteiger partial charge in [0.25, 0.3) is 5.91 Å². The first-order valence-electron chi connectivity index (χ1n) is 7.67. The largest absolute Gasteiger partial charge is 0.370 e. The summed E-state index contributed by atoms with van der Waals surface area (Å²) >= 11 is 1.96. The molecule has 1 amide bonds. The van der Waals surface area contributed by atoms with E-state index >= 15 is 0 Å². The molecule has 0 saturated carbocycles.